The zero-order valence-corrected chi connectivity index (χ0v) is 9.21. The third kappa shape index (κ3) is 1.18. The normalized spacial score (nSPS) is 11.8. The summed E-state index contributed by atoms with van der Waals surface area (Å²) in [6.07, 6.45) is 2.02. The zero-order valence-electron chi connectivity index (χ0n) is 9.21. The van der Waals surface area contributed by atoms with Crippen LogP contribution in [0, 0.1) is 0 Å². The molecule has 0 aliphatic carbocycles. The number of nitrogens with zero attached hydrogens (tertiary/aromatic N) is 3. The summed E-state index contributed by atoms with van der Waals surface area (Å²) in [7, 11) is 1.67. The van der Waals surface area contributed by atoms with Crippen LogP contribution in [0.2, 0.25) is 0 Å². The molecule has 4 rings (SSSR count). The second-order valence-corrected chi connectivity index (χ2v) is 4.05. The van der Waals surface area contributed by atoms with Crippen molar-refractivity contribution in [2.75, 3.05) is 7.11 Å². The Morgan fingerprint density at radius 1 is 1.12 bits per heavy atom. The highest BCUT2D eigenvalue weighted by Crippen LogP contribution is 2.31. The molecular weight excluding hydrogens is 214 g/mol. The van der Waals surface area contributed by atoms with Gasteiger partial charge in [-0.15, -0.1) is 0 Å². The fourth-order valence-electron chi connectivity index (χ4n) is 2.09. The molecule has 2 aromatic rings. The number of rotatable bonds is 2. The Morgan fingerprint density at radius 3 is 2.82 bits per heavy atom. The van der Waals surface area contributed by atoms with Gasteiger partial charge in [0, 0.05) is 23.7 Å². The Hall–Kier alpha value is -2.36. The number of methoxy groups -OCH3 is 1. The van der Waals surface area contributed by atoms with Crippen LogP contribution in [0.15, 0.2) is 36.5 Å². The van der Waals surface area contributed by atoms with Gasteiger partial charge in [-0.3, -0.25) is 0 Å². The Morgan fingerprint density at radius 2 is 2.06 bits per heavy atom. The van der Waals surface area contributed by atoms with Crippen molar-refractivity contribution in [1.29, 1.82) is 0 Å². The monoisotopic (exact) mass is 223 g/mol. The predicted octanol–water partition coefficient (Wildman–Crippen LogP) is 2.41. The lowest BCUT2D eigenvalue weighted by molar-refractivity contribution is 0.415. The van der Waals surface area contributed by atoms with E-state index in [-0.39, 0.29) is 0 Å². The second kappa shape index (κ2) is 2.85. The molecule has 2 aliphatic heterocycles. The maximum Gasteiger partial charge on any atom is 0.181 e. The lowest BCUT2D eigenvalue weighted by Crippen LogP contribution is -1.92. The summed E-state index contributed by atoms with van der Waals surface area (Å²) in [5.41, 5.74) is 2.10. The van der Waals surface area contributed by atoms with Gasteiger partial charge in [0.2, 0.25) is 0 Å². The van der Waals surface area contributed by atoms with E-state index in [4.69, 9.17) is 4.74 Å². The van der Waals surface area contributed by atoms with E-state index in [1.165, 1.54) is 5.39 Å². The van der Waals surface area contributed by atoms with Crippen LogP contribution in [0.25, 0.3) is 28.2 Å². The first-order valence-corrected chi connectivity index (χ1v) is 5.40. The lowest BCUT2D eigenvalue weighted by Gasteiger charge is -2.03. The summed E-state index contributed by atoms with van der Waals surface area (Å²) in [6, 6.07) is 10.1. The topological polar surface area (TPSA) is 39.9 Å². The first-order valence-electron chi connectivity index (χ1n) is 5.40. The largest absolute Gasteiger partial charge is 0.497 e. The molecule has 4 nitrogen and oxygen atoms in total. The van der Waals surface area contributed by atoms with E-state index in [9.17, 15) is 0 Å². The van der Waals surface area contributed by atoms with E-state index in [1.807, 2.05) is 30.5 Å². The van der Waals surface area contributed by atoms with Crippen molar-refractivity contribution in [1.82, 2.24) is 14.5 Å². The summed E-state index contributed by atoms with van der Waals surface area (Å²) in [4.78, 5) is 8.49. The summed E-state index contributed by atoms with van der Waals surface area (Å²) in [5.74, 6) is 2.64. The van der Waals surface area contributed by atoms with Gasteiger partial charge in [-0.05, 0) is 18.2 Å². The molecule has 0 fully saturated rings. The first kappa shape index (κ1) is 8.75. The van der Waals surface area contributed by atoms with E-state index >= 15 is 0 Å². The number of benzene rings is 1. The summed E-state index contributed by atoms with van der Waals surface area (Å²) < 4.78 is 7.30. The van der Waals surface area contributed by atoms with Gasteiger partial charge in [-0.2, -0.15) is 0 Å². The quantitative estimate of drug-likeness (QED) is 0.524. The molecule has 0 bridgehead atoms. The van der Waals surface area contributed by atoms with Gasteiger partial charge in [0.1, 0.15) is 17.3 Å². The molecule has 82 valence electrons. The van der Waals surface area contributed by atoms with Crippen molar-refractivity contribution in [2.45, 2.75) is 0 Å². The highest BCUT2D eigenvalue weighted by atomic mass is 16.5. The molecule has 0 spiro atoms. The molecule has 2 aliphatic rings. The van der Waals surface area contributed by atoms with E-state index in [0.29, 0.717) is 0 Å². The van der Waals surface area contributed by atoms with Crippen molar-refractivity contribution >= 4 is 10.9 Å². The molecular formula is C13H9N3O. The third-order valence-corrected chi connectivity index (χ3v) is 3.04. The average Bonchev–Trinajstić information content (AvgIpc) is 2.81. The van der Waals surface area contributed by atoms with Crippen molar-refractivity contribution in [3.63, 3.8) is 0 Å². The van der Waals surface area contributed by atoms with E-state index in [2.05, 4.69) is 20.6 Å². The Bertz CT molecular complexity index is 725. The van der Waals surface area contributed by atoms with Crippen molar-refractivity contribution in [3.05, 3.63) is 36.5 Å². The van der Waals surface area contributed by atoms with Crippen LogP contribution in [0.1, 0.15) is 0 Å². The highest BCUT2D eigenvalue weighted by Gasteiger charge is 2.21. The Kier molecular flexibility index (Phi) is 1.47. The minimum absolute atomic E-state index is 0.853. The van der Waals surface area contributed by atoms with Crippen LogP contribution >= 0.6 is 0 Å². The van der Waals surface area contributed by atoms with Crippen molar-refractivity contribution in [2.24, 2.45) is 0 Å². The van der Waals surface area contributed by atoms with Gasteiger partial charge in [-0.25, -0.2) is 9.97 Å². The molecule has 0 saturated heterocycles. The third-order valence-electron chi connectivity index (χ3n) is 3.04. The number of hydrogen-bond donors (Lipinski definition) is 0. The van der Waals surface area contributed by atoms with Crippen LogP contribution in [0.5, 0.6) is 5.75 Å². The Labute approximate surface area is 97.5 Å². The number of ether oxygens (including phenoxy) is 1. The van der Waals surface area contributed by atoms with Gasteiger partial charge in [-0.1, -0.05) is 0 Å². The van der Waals surface area contributed by atoms with Crippen molar-refractivity contribution in [3.8, 4) is 23.1 Å². The second-order valence-electron chi connectivity index (χ2n) is 4.05. The first-order chi connectivity index (χ1) is 8.35. The fourth-order valence-corrected chi connectivity index (χ4v) is 2.09. The molecule has 0 N–H and O–H groups in total. The molecule has 0 radical (unpaired) electrons. The lowest BCUT2D eigenvalue weighted by atomic mass is 10.2. The van der Waals surface area contributed by atoms with Crippen LogP contribution < -0.4 is 4.74 Å². The number of hydrogen-bond acceptors (Lipinski definition) is 3. The van der Waals surface area contributed by atoms with Gasteiger partial charge in [0.05, 0.1) is 12.6 Å². The summed E-state index contributed by atoms with van der Waals surface area (Å²) >= 11 is 0. The van der Waals surface area contributed by atoms with Gasteiger partial charge in [0.15, 0.2) is 5.82 Å². The van der Waals surface area contributed by atoms with Gasteiger partial charge in [0.25, 0.3) is 0 Å². The minimum Gasteiger partial charge on any atom is -0.497 e. The van der Waals surface area contributed by atoms with Crippen molar-refractivity contribution < 1.29 is 4.74 Å². The van der Waals surface area contributed by atoms with Crippen LogP contribution in [-0.4, -0.2) is 21.6 Å². The molecule has 1 aromatic heterocycles. The van der Waals surface area contributed by atoms with E-state index in [0.717, 1.165) is 28.6 Å². The maximum absolute atomic E-state index is 5.25. The molecule has 3 heterocycles. The van der Waals surface area contributed by atoms with Crippen LogP contribution in [0.3, 0.4) is 0 Å². The molecule has 1 aromatic carbocycles. The fraction of sp³-hybridized carbons (Fsp3) is 0.0769. The SMILES string of the molecule is COc1ccc2ccn(-c3cc4nc-4n3)c2c1. The molecule has 0 unspecified atom stereocenters. The highest BCUT2D eigenvalue weighted by molar-refractivity contribution is 5.83. The van der Waals surface area contributed by atoms with E-state index in [1.54, 1.807) is 7.11 Å². The predicted molar refractivity (Wildman–Crippen MR) is 64.4 cm³/mol. The minimum atomic E-state index is 0.853. The van der Waals surface area contributed by atoms with Crippen LogP contribution in [0.4, 0.5) is 0 Å². The van der Waals surface area contributed by atoms with Crippen LogP contribution in [-0.2, 0) is 0 Å². The maximum atomic E-state index is 5.25. The smallest absolute Gasteiger partial charge is 0.181 e. The number of fused-ring (bicyclic) bond motifs is 2. The molecule has 0 atom stereocenters. The molecule has 0 saturated carbocycles. The van der Waals surface area contributed by atoms with Gasteiger partial charge >= 0.3 is 0 Å². The number of aromatic nitrogens is 3. The average molecular weight is 223 g/mol. The van der Waals surface area contributed by atoms with Gasteiger partial charge < -0.3 is 9.30 Å². The summed E-state index contributed by atoms with van der Waals surface area (Å²) in [6.45, 7) is 0. The zero-order chi connectivity index (χ0) is 11.4. The molecule has 0 amide bonds. The molecule has 4 heteroatoms. The Balaban J connectivity index is 1.96. The standard InChI is InChI=1S/C13H9N3O/c1-17-9-3-2-8-4-5-16(11(8)6-9)12-7-10-13(14-10)15-12/h2-7H,1H3. The summed E-state index contributed by atoms with van der Waals surface area (Å²) in [5, 5.41) is 1.18. The van der Waals surface area contributed by atoms with E-state index < -0.39 is 0 Å². The molecule has 17 heavy (non-hydrogen) atoms.